The molecule has 31 heavy (non-hydrogen) atoms. The molecule has 1 aliphatic heterocycles. The Morgan fingerprint density at radius 1 is 1.26 bits per heavy atom. The molecule has 1 N–H and O–H groups in total. The van der Waals surface area contributed by atoms with Crippen LogP contribution >= 0.6 is 11.8 Å². The number of aryl methyl sites for hydroxylation is 1. The molecule has 0 fully saturated rings. The Morgan fingerprint density at radius 2 is 2.00 bits per heavy atom. The summed E-state index contributed by atoms with van der Waals surface area (Å²) >= 11 is 1.12. The van der Waals surface area contributed by atoms with E-state index in [-0.39, 0.29) is 11.1 Å². The number of hydrogen-bond acceptors (Lipinski definition) is 5. The summed E-state index contributed by atoms with van der Waals surface area (Å²) in [5.74, 6) is 0.547. The normalized spacial score (nSPS) is 14.4. The molecule has 2 aromatic rings. The van der Waals surface area contributed by atoms with Gasteiger partial charge in [-0.1, -0.05) is 35.9 Å². The smallest absolute Gasteiger partial charge is 0.286 e. The van der Waals surface area contributed by atoms with Crippen molar-refractivity contribution < 1.29 is 19.1 Å². The molecule has 0 saturated heterocycles. The lowest BCUT2D eigenvalue weighted by Crippen LogP contribution is -2.23. The van der Waals surface area contributed by atoms with Gasteiger partial charge in [-0.15, -0.1) is 6.58 Å². The van der Waals surface area contributed by atoms with Crippen molar-refractivity contribution in [2.45, 2.75) is 26.9 Å². The minimum Gasteiger partial charge on any atom is -0.493 e. The lowest BCUT2D eigenvalue weighted by atomic mass is 10.0. The maximum absolute atomic E-state index is 12.2. The Labute approximate surface area is 186 Å². The molecule has 0 bridgehead atoms. The first-order chi connectivity index (χ1) is 14.9. The highest BCUT2D eigenvalue weighted by atomic mass is 32.2. The van der Waals surface area contributed by atoms with Crippen molar-refractivity contribution >= 4 is 34.8 Å². The SMILES string of the molecule is C=CCc1cc(/C=C2/SC(NC(C)=O)=NC2=O)cc(OC)c1OCc1ccc(C)cc1. The monoisotopic (exact) mass is 436 g/mol. The third-order valence-corrected chi connectivity index (χ3v) is 5.34. The van der Waals surface area contributed by atoms with Gasteiger partial charge < -0.3 is 14.8 Å². The second-order valence-electron chi connectivity index (χ2n) is 6.99. The number of ether oxygens (including phenoxy) is 2. The molecule has 3 rings (SSSR count). The van der Waals surface area contributed by atoms with E-state index in [2.05, 4.69) is 16.9 Å². The van der Waals surface area contributed by atoms with Gasteiger partial charge in [-0.25, -0.2) is 0 Å². The van der Waals surface area contributed by atoms with E-state index in [1.54, 1.807) is 19.3 Å². The van der Waals surface area contributed by atoms with E-state index in [9.17, 15) is 9.59 Å². The van der Waals surface area contributed by atoms with Crippen LogP contribution in [-0.4, -0.2) is 24.1 Å². The minimum absolute atomic E-state index is 0.273. The number of carbonyl (C=O) groups is 2. The Bertz CT molecular complexity index is 1070. The van der Waals surface area contributed by atoms with Crippen LogP contribution < -0.4 is 14.8 Å². The number of allylic oxidation sites excluding steroid dienone is 1. The topological polar surface area (TPSA) is 77.0 Å². The van der Waals surface area contributed by atoms with Gasteiger partial charge in [0.15, 0.2) is 16.7 Å². The molecule has 0 unspecified atom stereocenters. The molecule has 0 radical (unpaired) electrons. The van der Waals surface area contributed by atoms with Crippen molar-refractivity contribution in [1.82, 2.24) is 5.32 Å². The standard InChI is InChI=1S/C24H24N2O4S/c1-5-6-19-11-18(13-21-23(28)26-24(31-21)25-16(3)27)12-20(29-4)22(19)30-14-17-9-7-15(2)8-10-17/h5,7-13H,1,6,14H2,2-4H3,(H,25,26,27,28)/b21-13+. The largest absolute Gasteiger partial charge is 0.493 e. The van der Waals surface area contributed by atoms with Gasteiger partial charge in [0.2, 0.25) is 5.91 Å². The second kappa shape index (κ2) is 10.1. The number of amides is 2. The zero-order chi connectivity index (χ0) is 22.4. The molecule has 2 aromatic carbocycles. The fraction of sp³-hybridized carbons (Fsp3) is 0.208. The van der Waals surface area contributed by atoms with Gasteiger partial charge in [0, 0.05) is 12.5 Å². The molecule has 0 saturated carbocycles. The summed E-state index contributed by atoms with van der Waals surface area (Å²) in [6.45, 7) is 7.66. The van der Waals surface area contributed by atoms with Gasteiger partial charge in [-0.05, 0) is 54.4 Å². The molecule has 0 atom stereocenters. The van der Waals surface area contributed by atoms with Crippen LogP contribution in [0.3, 0.4) is 0 Å². The maximum Gasteiger partial charge on any atom is 0.286 e. The van der Waals surface area contributed by atoms with E-state index >= 15 is 0 Å². The van der Waals surface area contributed by atoms with Gasteiger partial charge in [0.05, 0.1) is 12.0 Å². The van der Waals surface area contributed by atoms with E-state index in [0.29, 0.717) is 29.4 Å². The zero-order valence-corrected chi connectivity index (χ0v) is 18.5. The lowest BCUT2D eigenvalue weighted by molar-refractivity contribution is -0.117. The summed E-state index contributed by atoms with van der Waals surface area (Å²) in [6.07, 6.45) is 4.09. The van der Waals surface area contributed by atoms with Gasteiger partial charge in [0.25, 0.3) is 5.91 Å². The Kier molecular flexibility index (Phi) is 7.31. The third kappa shape index (κ3) is 5.86. The van der Waals surface area contributed by atoms with Crippen LogP contribution in [0.1, 0.15) is 29.2 Å². The fourth-order valence-corrected chi connectivity index (χ4v) is 3.85. The summed E-state index contributed by atoms with van der Waals surface area (Å²) < 4.78 is 11.7. The Morgan fingerprint density at radius 3 is 2.65 bits per heavy atom. The number of thioether (sulfide) groups is 1. The van der Waals surface area contributed by atoms with Crippen molar-refractivity contribution in [2.75, 3.05) is 7.11 Å². The number of hydrogen-bond donors (Lipinski definition) is 1. The molecule has 0 aliphatic carbocycles. The van der Waals surface area contributed by atoms with Crippen LogP contribution in [0.25, 0.3) is 6.08 Å². The molecule has 1 heterocycles. The summed E-state index contributed by atoms with van der Waals surface area (Å²) in [5, 5.41) is 2.82. The number of methoxy groups -OCH3 is 1. The van der Waals surface area contributed by atoms with Crippen molar-refractivity contribution in [1.29, 1.82) is 0 Å². The number of benzene rings is 2. The van der Waals surface area contributed by atoms with Crippen LogP contribution in [0.4, 0.5) is 0 Å². The van der Waals surface area contributed by atoms with Crippen LogP contribution in [0.15, 0.2) is 59.0 Å². The summed E-state index contributed by atoms with van der Waals surface area (Å²) in [4.78, 5) is 27.7. The van der Waals surface area contributed by atoms with Crippen molar-refractivity contribution in [3.63, 3.8) is 0 Å². The molecule has 0 spiro atoms. The molecular weight excluding hydrogens is 412 g/mol. The molecule has 7 heteroatoms. The summed E-state index contributed by atoms with van der Waals surface area (Å²) in [5.41, 5.74) is 3.91. The van der Waals surface area contributed by atoms with Gasteiger partial charge in [-0.3, -0.25) is 9.59 Å². The van der Waals surface area contributed by atoms with Crippen molar-refractivity contribution in [2.24, 2.45) is 4.99 Å². The second-order valence-corrected chi connectivity index (χ2v) is 8.02. The van der Waals surface area contributed by atoms with E-state index < -0.39 is 5.91 Å². The Hall–Kier alpha value is -3.32. The average Bonchev–Trinajstić information content (AvgIpc) is 3.06. The number of nitrogens with zero attached hydrogens (tertiary/aromatic N) is 1. The first kappa shape index (κ1) is 22.4. The zero-order valence-electron chi connectivity index (χ0n) is 17.7. The first-order valence-corrected chi connectivity index (χ1v) is 10.5. The molecular formula is C24H24N2O4S. The molecule has 6 nitrogen and oxygen atoms in total. The summed E-state index contributed by atoms with van der Waals surface area (Å²) in [6, 6.07) is 11.9. The van der Waals surface area contributed by atoms with E-state index in [4.69, 9.17) is 9.47 Å². The van der Waals surface area contributed by atoms with Gasteiger partial charge >= 0.3 is 0 Å². The number of nitrogens with one attached hydrogen (secondary N) is 1. The molecule has 2 amide bonds. The van der Waals surface area contributed by atoms with Crippen LogP contribution in [0.2, 0.25) is 0 Å². The van der Waals surface area contributed by atoms with E-state index in [1.807, 2.05) is 43.3 Å². The predicted octanol–water partition coefficient (Wildman–Crippen LogP) is 4.42. The molecule has 1 aliphatic rings. The minimum atomic E-state index is -0.391. The third-order valence-electron chi connectivity index (χ3n) is 4.44. The predicted molar refractivity (Wildman–Crippen MR) is 124 cm³/mol. The van der Waals surface area contributed by atoms with Crippen LogP contribution in [0, 0.1) is 6.92 Å². The highest BCUT2D eigenvalue weighted by Crippen LogP contribution is 2.36. The van der Waals surface area contributed by atoms with E-state index in [1.165, 1.54) is 12.5 Å². The van der Waals surface area contributed by atoms with Crippen molar-refractivity contribution in [3.8, 4) is 11.5 Å². The number of rotatable bonds is 7. The maximum atomic E-state index is 12.2. The van der Waals surface area contributed by atoms with Crippen LogP contribution in [-0.2, 0) is 22.6 Å². The average molecular weight is 437 g/mol. The van der Waals surface area contributed by atoms with Gasteiger partial charge in [-0.2, -0.15) is 4.99 Å². The fourth-order valence-electron chi connectivity index (χ4n) is 2.99. The highest BCUT2D eigenvalue weighted by Gasteiger charge is 2.23. The quantitative estimate of drug-likeness (QED) is 0.514. The molecule has 160 valence electrons. The molecule has 0 aromatic heterocycles. The van der Waals surface area contributed by atoms with Gasteiger partial charge in [0.1, 0.15) is 6.61 Å². The Balaban J connectivity index is 1.87. The number of aliphatic imine (C=N–C) groups is 1. The van der Waals surface area contributed by atoms with Crippen molar-refractivity contribution in [3.05, 3.63) is 76.2 Å². The number of carbonyl (C=O) groups excluding carboxylic acids is 2. The summed E-state index contributed by atoms with van der Waals surface area (Å²) in [7, 11) is 1.58. The van der Waals surface area contributed by atoms with Crippen LogP contribution in [0.5, 0.6) is 11.5 Å². The first-order valence-electron chi connectivity index (χ1n) is 9.70. The highest BCUT2D eigenvalue weighted by molar-refractivity contribution is 8.18. The van der Waals surface area contributed by atoms with E-state index in [0.717, 1.165) is 28.5 Å². The lowest BCUT2D eigenvalue weighted by Gasteiger charge is -2.16. The number of amidine groups is 1.